The summed E-state index contributed by atoms with van der Waals surface area (Å²) in [6.07, 6.45) is 3.01. The van der Waals surface area contributed by atoms with Crippen molar-refractivity contribution >= 4 is 22.1 Å². The Bertz CT molecular complexity index is 680. The highest BCUT2D eigenvalue weighted by Crippen LogP contribution is 2.42. The molecule has 1 aliphatic rings. The lowest BCUT2D eigenvalue weighted by atomic mass is 10.0. The Hall–Kier alpha value is -1.67. The van der Waals surface area contributed by atoms with Gasteiger partial charge in [-0.2, -0.15) is 0 Å². The molecule has 1 heterocycles. The van der Waals surface area contributed by atoms with Crippen LogP contribution in [0.3, 0.4) is 0 Å². The van der Waals surface area contributed by atoms with Crippen molar-refractivity contribution in [3.8, 4) is 0 Å². The molecule has 0 saturated heterocycles. The number of nitrogens with zero attached hydrogens (tertiary/aromatic N) is 1. The van der Waals surface area contributed by atoms with Crippen LogP contribution in [0.5, 0.6) is 0 Å². The summed E-state index contributed by atoms with van der Waals surface area (Å²) < 4.78 is 0. The standard InChI is InChI=1S/C15H11NS/c1-3-10-4-2-6-12-13(15-16-7-8-17-15)9-11(5-1)14(10)12/h1-8,13H,9H2. The van der Waals surface area contributed by atoms with E-state index in [1.54, 1.807) is 11.3 Å². The van der Waals surface area contributed by atoms with Gasteiger partial charge in [0.2, 0.25) is 0 Å². The highest BCUT2D eigenvalue weighted by Gasteiger charge is 2.26. The molecule has 1 aliphatic carbocycles. The number of aromatic nitrogens is 1. The van der Waals surface area contributed by atoms with E-state index in [0.717, 1.165) is 6.42 Å². The molecule has 2 heteroatoms. The summed E-state index contributed by atoms with van der Waals surface area (Å²) in [5.74, 6) is 0.469. The van der Waals surface area contributed by atoms with Crippen LogP contribution in [0.2, 0.25) is 0 Å². The summed E-state index contributed by atoms with van der Waals surface area (Å²) in [4.78, 5) is 4.49. The third-order valence-electron chi connectivity index (χ3n) is 3.57. The molecule has 0 aliphatic heterocycles. The first-order valence-corrected chi connectivity index (χ1v) is 6.71. The number of benzene rings is 2. The minimum absolute atomic E-state index is 0.469. The van der Waals surface area contributed by atoms with Crippen molar-refractivity contribution in [1.82, 2.24) is 4.98 Å². The van der Waals surface area contributed by atoms with Crippen molar-refractivity contribution in [3.63, 3.8) is 0 Å². The average molecular weight is 237 g/mol. The maximum absolute atomic E-state index is 4.49. The Morgan fingerprint density at radius 2 is 2.00 bits per heavy atom. The maximum Gasteiger partial charge on any atom is 0.100 e. The fraction of sp³-hybridized carbons (Fsp3) is 0.133. The van der Waals surface area contributed by atoms with Crippen LogP contribution in [-0.4, -0.2) is 4.98 Å². The van der Waals surface area contributed by atoms with E-state index in [0.29, 0.717) is 5.92 Å². The molecule has 1 nitrogen and oxygen atoms in total. The minimum atomic E-state index is 0.469. The lowest BCUT2D eigenvalue weighted by Gasteiger charge is -2.07. The Labute approximate surface area is 104 Å². The Morgan fingerprint density at radius 1 is 1.12 bits per heavy atom. The van der Waals surface area contributed by atoms with Crippen LogP contribution >= 0.6 is 11.3 Å². The summed E-state index contributed by atoms with van der Waals surface area (Å²) in [6.45, 7) is 0. The summed E-state index contributed by atoms with van der Waals surface area (Å²) in [6, 6.07) is 13.2. The van der Waals surface area contributed by atoms with Crippen LogP contribution in [0.1, 0.15) is 22.1 Å². The first-order valence-electron chi connectivity index (χ1n) is 5.83. The van der Waals surface area contributed by atoms with Crippen molar-refractivity contribution in [2.45, 2.75) is 12.3 Å². The molecule has 1 unspecified atom stereocenters. The molecule has 0 spiro atoms. The van der Waals surface area contributed by atoms with E-state index in [-0.39, 0.29) is 0 Å². The highest BCUT2D eigenvalue weighted by atomic mass is 32.1. The summed E-state index contributed by atoms with van der Waals surface area (Å²) >= 11 is 1.76. The largest absolute Gasteiger partial charge is 0.249 e. The van der Waals surface area contributed by atoms with Gasteiger partial charge in [0.1, 0.15) is 5.01 Å². The maximum atomic E-state index is 4.49. The van der Waals surface area contributed by atoms with Gasteiger partial charge in [0.25, 0.3) is 0 Å². The summed E-state index contributed by atoms with van der Waals surface area (Å²) in [5.41, 5.74) is 2.92. The molecular weight excluding hydrogens is 226 g/mol. The first-order chi connectivity index (χ1) is 8.43. The van der Waals surface area contributed by atoms with Gasteiger partial charge >= 0.3 is 0 Å². The molecule has 0 saturated carbocycles. The molecule has 82 valence electrons. The number of rotatable bonds is 1. The van der Waals surface area contributed by atoms with Gasteiger partial charge in [0.05, 0.1) is 0 Å². The van der Waals surface area contributed by atoms with Crippen LogP contribution in [0.15, 0.2) is 48.0 Å². The molecule has 1 atom stereocenters. The predicted molar refractivity (Wildman–Crippen MR) is 71.6 cm³/mol. The Kier molecular flexibility index (Phi) is 1.88. The third-order valence-corrected chi connectivity index (χ3v) is 4.46. The smallest absolute Gasteiger partial charge is 0.100 e. The lowest BCUT2D eigenvalue weighted by molar-refractivity contribution is 0.836. The van der Waals surface area contributed by atoms with Crippen LogP contribution in [-0.2, 0) is 6.42 Å². The zero-order valence-electron chi connectivity index (χ0n) is 9.26. The topological polar surface area (TPSA) is 12.9 Å². The van der Waals surface area contributed by atoms with Gasteiger partial charge < -0.3 is 0 Å². The van der Waals surface area contributed by atoms with Crippen molar-refractivity contribution < 1.29 is 0 Å². The summed E-state index contributed by atoms with van der Waals surface area (Å²) in [5, 5.41) is 6.13. The van der Waals surface area contributed by atoms with Gasteiger partial charge in [0.15, 0.2) is 0 Å². The zero-order valence-corrected chi connectivity index (χ0v) is 10.1. The van der Waals surface area contributed by atoms with E-state index < -0.39 is 0 Å². The molecule has 3 aromatic rings. The van der Waals surface area contributed by atoms with Gasteiger partial charge in [0, 0.05) is 17.5 Å². The van der Waals surface area contributed by atoms with Crippen LogP contribution in [0.25, 0.3) is 10.8 Å². The monoisotopic (exact) mass is 237 g/mol. The van der Waals surface area contributed by atoms with E-state index in [4.69, 9.17) is 0 Å². The molecule has 0 radical (unpaired) electrons. The second-order valence-corrected chi connectivity index (χ2v) is 5.42. The molecule has 1 aromatic heterocycles. The molecule has 0 fully saturated rings. The SMILES string of the molecule is c1cc2c3c(cccc3c1)C(c1nccs1)C2. The van der Waals surface area contributed by atoms with Crippen molar-refractivity contribution in [2.24, 2.45) is 0 Å². The van der Waals surface area contributed by atoms with Crippen molar-refractivity contribution in [3.05, 3.63) is 64.1 Å². The predicted octanol–water partition coefficient (Wildman–Crippen LogP) is 3.98. The molecule has 4 rings (SSSR count). The second kappa shape index (κ2) is 3.41. The normalized spacial score (nSPS) is 17.8. The van der Waals surface area contributed by atoms with E-state index in [1.807, 2.05) is 6.20 Å². The average Bonchev–Trinajstić information content (AvgIpc) is 2.98. The fourth-order valence-corrected chi connectivity index (χ4v) is 3.62. The lowest BCUT2D eigenvalue weighted by Crippen LogP contribution is -1.97. The van der Waals surface area contributed by atoms with Crippen LogP contribution < -0.4 is 0 Å². The molecule has 2 aromatic carbocycles. The van der Waals surface area contributed by atoms with Gasteiger partial charge in [-0.15, -0.1) is 11.3 Å². The Morgan fingerprint density at radius 3 is 2.82 bits per heavy atom. The van der Waals surface area contributed by atoms with Crippen molar-refractivity contribution in [1.29, 1.82) is 0 Å². The number of thiazole rings is 1. The molecule has 0 N–H and O–H groups in total. The van der Waals surface area contributed by atoms with Crippen LogP contribution in [0.4, 0.5) is 0 Å². The van der Waals surface area contributed by atoms with Gasteiger partial charge in [-0.05, 0) is 28.3 Å². The molecule has 0 amide bonds. The fourth-order valence-electron chi connectivity index (χ4n) is 2.87. The summed E-state index contributed by atoms with van der Waals surface area (Å²) in [7, 11) is 0. The van der Waals surface area contributed by atoms with Gasteiger partial charge in [-0.1, -0.05) is 36.4 Å². The zero-order chi connectivity index (χ0) is 11.2. The van der Waals surface area contributed by atoms with Crippen molar-refractivity contribution in [2.75, 3.05) is 0 Å². The molecular formula is C15H11NS. The Balaban J connectivity index is 2.01. The number of hydrogen-bond acceptors (Lipinski definition) is 2. The second-order valence-electron chi connectivity index (χ2n) is 4.49. The highest BCUT2D eigenvalue weighted by molar-refractivity contribution is 7.09. The van der Waals surface area contributed by atoms with E-state index in [2.05, 4.69) is 46.8 Å². The molecule has 17 heavy (non-hydrogen) atoms. The third kappa shape index (κ3) is 1.28. The minimum Gasteiger partial charge on any atom is -0.249 e. The van der Waals surface area contributed by atoms with Gasteiger partial charge in [-0.25, -0.2) is 4.98 Å². The van der Waals surface area contributed by atoms with Gasteiger partial charge in [-0.3, -0.25) is 0 Å². The van der Waals surface area contributed by atoms with E-state index in [1.165, 1.54) is 26.9 Å². The number of hydrogen-bond donors (Lipinski definition) is 0. The van der Waals surface area contributed by atoms with E-state index in [9.17, 15) is 0 Å². The van der Waals surface area contributed by atoms with Crippen LogP contribution in [0, 0.1) is 0 Å². The quantitative estimate of drug-likeness (QED) is 0.623. The van der Waals surface area contributed by atoms with E-state index >= 15 is 0 Å². The molecule has 0 bridgehead atoms. The first kappa shape index (κ1) is 9.37.